The van der Waals surface area contributed by atoms with Crippen LogP contribution in [0.1, 0.15) is 26.3 Å². The number of hydrogen-bond acceptors (Lipinski definition) is 4. The minimum atomic E-state index is -1.11. The summed E-state index contributed by atoms with van der Waals surface area (Å²) >= 11 is 0. The van der Waals surface area contributed by atoms with Crippen molar-refractivity contribution in [2.75, 3.05) is 0 Å². The predicted octanol–water partition coefficient (Wildman–Crippen LogP) is 2.04. The first-order valence-electron chi connectivity index (χ1n) is 6.64. The van der Waals surface area contributed by atoms with Gasteiger partial charge in [0.15, 0.2) is 5.58 Å². The number of aromatic carboxylic acids is 2. The van der Waals surface area contributed by atoms with E-state index >= 15 is 0 Å². The molecule has 0 amide bonds. The Labute approximate surface area is 129 Å². The number of aromatic nitrogens is 1. The zero-order chi connectivity index (χ0) is 16.6. The quantitative estimate of drug-likeness (QED) is 0.762. The van der Waals surface area contributed by atoms with Gasteiger partial charge in [-0.1, -0.05) is 12.1 Å². The second-order valence-corrected chi connectivity index (χ2v) is 4.95. The van der Waals surface area contributed by atoms with E-state index in [1.165, 1.54) is 34.9 Å². The van der Waals surface area contributed by atoms with Crippen LogP contribution in [-0.4, -0.2) is 26.7 Å². The van der Waals surface area contributed by atoms with Crippen LogP contribution in [0.25, 0.3) is 11.1 Å². The lowest BCUT2D eigenvalue weighted by molar-refractivity contribution is 0.0686. The number of carboxylic acid groups (broad SMARTS) is 2. The molecule has 7 nitrogen and oxygen atoms in total. The van der Waals surface area contributed by atoms with Gasteiger partial charge in [0, 0.05) is 0 Å². The molecule has 116 valence electrons. The van der Waals surface area contributed by atoms with Gasteiger partial charge >= 0.3 is 17.7 Å². The second kappa shape index (κ2) is 5.45. The van der Waals surface area contributed by atoms with E-state index in [1.807, 2.05) is 0 Å². The molecule has 0 unspecified atom stereocenters. The third-order valence-corrected chi connectivity index (χ3v) is 3.43. The van der Waals surface area contributed by atoms with Gasteiger partial charge in [0.05, 0.1) is 23.2 Å². The van der Waals surface area contributed by atoms with Crippen LogP contribution >= 0.6 is 0 Å². The Bertz CT molecular complexity index is 982. The monoisotopic (exact) mass is 313 g/mol. The topological polar surface area (TPSA) is 110 Å². The van der Waals surface area contributed by atoms with Crippen LogP contribution in [-0.2, 0) is 6.54 Å². The molecule has 2 N–H and O–H groups in total. The minimum absolute atomic E-state index is 0.0197. The first kappa shape index (κ1) is 14.6. The number of carboxylic acids is 2. The molecule has 0 spiro atoms. The molecule has 0 saturated carbocycles. The van der Waals surface area contributed by atoms with Gasteiger partial charge in [-0.3, -0.25) is 4.57 Å². The summed E-state index contributed by atoms with van der Waals surface area (Å²) in [4.78, 5) is 33.9. The van der Waals surface area contributed by atoms with Gasteiger partial charge in [0.2, 0.25) is 0 Å². The normalized spacial score (nSPS) is 10.8. The van der Waals surface area contributed by atoms with E-state index < -0.39 is 17.7 Å². The summed E-state index contributed by atoms with van der Waals surface area (Å²) in [5.41, 5.74) is 1.38. The highest BCUT2D eigenvalue weighted by atomic mass is 16.4. The van der Waals surface area contributed by atoms with Gasteiger partial charge in [-0.2, -0.15) is 0 Å². The zero-order valence-electron chi connectivity index (χ0n) is 11.7. The van der Waals surface area contributed by atoms with Crippen LogP contribution in [0.3, 0.4) is 0 Å². The van der Waals surface area contributed by atoms with Crippen molar-refractivity contribution < 1.29 is 24.2 Å². The molecule has 0 aliphatic heterocycles. The fraction of sp³-hybridized carbons (Fsp3) is 0.0625. The summed E-state index contributed by atoms with van der Waals surface area (Å²) < 4.78 is 6.39. The Hall–Kier alpha value is -3.35. The minimum Gasteiger partial charge on any atom is -0.478 e. The number of benzene rings is 2. The number of hydrogen-bond donors (Lipinski definition) is 2. The molecule has 3 aromatic rings. The van der Waals surface area contributed by atoms with Crippen molar-refractivity contribution in [3.8, 4) is 0 Å². The van der Waals surface area contributed by atoms with Crippen LogP contribution in [0.5, 0.6) is 0 Å². The van der Waals surface area contributed by atoms with Crippen LogP contribution in [0.2, 0.25) is 0 Å². The van der Waals surface area contributed by atoms with Crippen molar-refractivity contribution in [1.29, 1.82) is 0 Å². The molecule has 0 bridgehead atoms. The molecule has 0 fully saturated rings. The first-order valence-corrected chi connectivity index (χ1v) is 6.64. The maximum absolute atomic E-state index is 12.0. The van der Waals surface area contributed by atoms with E-state index in [0.717, 1.165) is 0 Å². The highest BCUT2D eigenvalue weighted by molar-refractivity contribution is 5.91. The summed E-state index contributed by atoms with van der Waals surface area (Å²) in [5.74, 6) is -2.80. The summed E-state index contributed by atoms with van der Waals surface area (Å²) in [6.45, 7) is 0.124. The molecule has 0 atom stereocenters. The van der Waals surface area contributed by atoms with Crippen molar-refractivity contribution in [1.82, 2.24) is 4.57 Å². The van der Waals surface area contributed by atoms with Gasteiger partial charge in [0.1, 0.15) is 0 Å². The summed E-state index contributed by atoms with van der Waals surface area (Å²) in [7, 11) is 0. The van der Waals surface area contributed by atoms with E-state index in [0.29, 0.717) is 11.1 Å². The van der Waals surface area contributed by atoms with E-state index in [1.54, 1.807) is 12.1 Å². The number of fused-ring (bicyclic) bond motifs is 1. The average molecular weight is 313 g/mol. The maximum atomic E-state index is 12.0. The van der Waals surface area contributed by atoms with Crippen LogP contribution in [0.4, 0.5) is 0 Å². The summed E-state index contributed by atoms with van der Waals surface area (Å²) in [5, 5.41) is 18.0. The smallest absolute Gasteiger partial charge is 0.420 e. The highest BCUT2D eigenvalue weighted by Crippen LogP contribution is 2.17. The van der Waals surface area contributed by atoms with Crippen LogP contribution < -0.4 is 5.76 Å². The van der Waals surface area contributed by atoms with Crippen LogP contribution in [0.15, 0.2) is 51.7 Å². The van der Waals surface area contributed by atoms with Crippen molar-refractivity contribution in [3.63, 3.8) is 0 Å². The SMILES string of the molecule is O=C(O)c1cccc(Cn2c(=O)oc3cc(C(=O)O)ccc32)c1. The maximum Gasteiger partial charge on any atom is 0.420 e. The molecule has 1 heterocycles. The summed E-state index contributed by atoms with van der Waals surface area (Å²) in [6.07, 6.45) is 0. The third kappa shape index (κ3) is 2.71. The summed E-state index contributed by atoms with van der Waals surface area (Å²) in [6, 6.07) is 10.4. The molecule has 0 saturated heterocycles. The zero-order valence-corrected chi connectivity index (χ0v) is 11.7. The molecular weight excluding hydrogens is 302 g/mol. The lowest BCUT2D eigenvalue weighted by Crippen LogP contribution is -2.15. The van der Waals surface area contributed by atoms with Crippen molar-refractivity contribution >= 4 is 23.0 Å². The molecule has 1 aromatic heterocycles. The molecule has 7 heteroatoms. The molecule has 0 radical (unpaired) electrons. The average Bonchev–Trinajstić information content (AvgIpc) is 2.82. The lowest BCUT2D eigenvalue weighted by atomic mass is 10.1. The number of carbonyl (C=O) groups is 2. The molecular formula is C16H11NO6. The predicted molar refractivity (Wildman–Crippen MR) is 79.9 cm³/mol. The Kier molecular flexibility index (Phi) is 3.46. The Morgan fingerprint density at radius 2 is 1.70 bits per heavy atom. The van der Waals surface area contributed by atoms with Crippen LogP contribution in [0, 0.1) is 0 Å². The first-order chi connectivity index (χ1) is 11.0. The highest BCUT2D eigenvalue weighted by Gasteiger charge is 2.13. The van der Waals surface area contributed by atoms with Crippen molar-refractivity contribution in [2.45, 2.75) is 6.54 Å². The van der Waals surface area contributed by atoms with Gasteiger partial charge < -0.3 is 14.6 Å². The Morgan fingerprint density at radius 1 is 1.00 bits per heavy atom. The van der Waals surface area contributed by atoms with Gasteiger partial charge in [-0.05, 0) is 35.9 Å². The van der Waals surface area contributed by atoms with Gasteiger partial charge in [-0.15, -0.1) is 0 Å². The van der Waals surface area contributed by atoms with Crippen molar-refractivity contribution in [3.05, 3.63) is 69.7 Å². The third-order valence-electron chi connectivity index (χ3n) is 3.43. The van der Waals surface area contributed by atoms with E-state index in [9.17, 15) is 14.4 Å². The number of rotatable bonds is 4. The molecule has 3 rings (SSSR count). The number of oxazole rings is 1. The molecule has 23 heavy (non-hydrogen) atoms. The molecule has 2 aromatic carbocycles. The Morgan fingerprint density at radius 3 is 2.39 bits per heavy atom. The standard InChI is InChI=1S/C16H11NO6/c18-14(19)10-3-1-2-9(6-10)8-17-12-5-4-11(15(20)21)7-13(12)23-16(17)22/h1-7H,8H2,(H,18,19)(H,20,21). The van der Waals surface area contributed by atoms with Gasteiger partial charge in [0.25, 0.3) is 0 Å². The van der Waals surface area contributed by atoms with E-state index in [-0.39, 0.29) is 23.3 Å². The van der Waals surface area contributed by atoms with Gasteiger partial charge in [-0.25, -0.2) is 14.4 Å². The Balaban J connectivity index is 2.05. The van der Waals surface area contributed by atoms with E-state index in [2.05, 4.69) is 0 Å². The fourth-order valence-corrected chi connectivity index (χ4v) is 2.33. The van der Waals surface area contributed by atoms with E-state index in [4.69, 9.17) is 14.6 Å². The van der Waals surface area contributed by atoms with Crippen molar-refractivity contribution in [2.24, 2.45) is 0 Å². The second-order valence-electron chi connectivity index (χ2n) is 4.95. The fourth-order valence-electron chi connectivity index (χ4n) is 2.33. The molecule has 0 aliphatic rings. The largest absolute Gasteiger partial charge is 0.478 e. The number of nitrogens with zero attached hydrogens (tertiary/aromatic N) is 1. The molecule has 0 aliphatic carbocycles. The lowest BCUT2D eigenvalue weighted by Gasteiger charge is -2.04.